The minimum absolute atomic E-state index is 0.232. The van der Waals surface area contributed by atoms with E-state index in [9.17, 15) is 14.6 Å². The Kier molecular flexibility index (Phi) is 10.7. The Morgan fingerprint density at radius 3 is 1.62 bits per heavy atom. The van der Waals surface area contributed by atoms with Gasteiger partial charge >= 0.3 is 0 Å². The van der Waals surface area contributed by atoms with E-state index < -0.39 is 84.7 Å². The fraction of sp³-hybridized carbons (Fsp3) is 0.889. The third-order valence-corrected chi connectivity index (χ3v) is 6.04. The second kappa shape index (κ2) is 11.6. The molecule has 2 aliphatic heterocycles. The summed E-state index contributed by atoms with van der Waals surface area (Å²) in [5, 5.41) is 89.8. The highest BCUT2D eigenvalue weighted by Gasteiger charge is 2.53. The van der Waals surface area contributed by atoms with Crippen molar-refractivity contribution >= 4 is 23.5 Å². The molecule has 0 aromatic rings. The number of ether oxygens (including phenoxy) is 2. The van der Waals surface area contributed by atoms with Crippen molar-refractivity contribution in [3.05, 3.63) is 12.2 Å². The molecule has 0 aromatic carbocycles. The standard InChI is InChI=1S/C8H13BO3.C5H8BFO4.C5H9BO5/c1-4-5(3-10)7(11)8(2,12)6(4)9;6-4-2(9)3(10)5(7,1-8)11-4;6-4-3(8)5(9,10)2(1-7)11-4/h5-7,10-12H,1,3H2,2H3;2-4,8-10H,1H2;2-4,7-10H,1H2/t5-,6+,7+,8-;2-,3+,4-,5-;2-,3+,4-/m011/s1. The first-order valence-electron chi connectivity index (χ1n) is 10.1. The predicted octanol–water partition coefficient (Wildman–Crippen LogP) is -5.96. The maximum atomic E-state index is 13.0. The second-order valence-corrected chi connectivity index (χ2v) is 8.47. The van der Waals surface area contributed by atoms with Gasteiger partial charge in [-0.3, -0.25) is 0 Å². The number of aliphatic hydroxyl groups is 10. The third-order valence-electron chi connectivity index (χ3n) is 6.04. The van der Waals surface area contributed by atoms with Gasteiger partial charge in [-0.25, -0.2) is 4.39 Å². The van der Waals surface area contributed by atoms with Gasteiger partial charge in [0.1, 0.15) is 46.7 Å². The molecule has 12 nitrogen and oxygen atoms in total. The first kappa shape index (κ1) is 31.4. The summed E-state index contributed by atoms with van der Waals surface area (Å²) in [5.41, 5.74) is -0.861. The monoisotopic (exact) mass is 490 g/mol. The smallest absolute Gasteiger partial charge is 0.260 e. The lowest BCUT2D eigenvalue weighted by Gasteiger charge is -2.26. The van der Waals surface area contributed by atoms with E-state index in [0.717, 1.165) is 0 Å². The van der Waals surface area contributed by atoms with E-state index in [0.29, 0.717) is 5.57 Å². The first-order valence-corrected chi connectivity index (χ1v) is 10.1. The summed E-state index contributed by atoms with van der Waals surface area (Å²) in [5.74, 6) is -6.24. The fourth-order valence-corrected chi connectivity index (χ4v) is 3.52. The van der Waals surface area contributed by atoms with E-state index in [1.807, 2.05) is 0 Å². The molecule has 3 fully saturated rings. The lowest BCUT2D eigenvalue weighted by atomic mass is 9.74. The highest BCUT2D eigenvalue weighted by Crippen LogP contribution is 2.45. The van der Waals surface area contributed by atoms with E-state index in [2.05, 4.69) is 16.1 Å². The van der Waals surface area contributed by atoms with Gasteiger partial charge in [-0.15, -0.1) is 0 Å². The predicted molar refractivity (Wildman–Crippen MR) is 114 cm³/mol. The molecule has 0 amide bonds. The normalized spacial score (nSPS) is 47.5. The van der Waals surface area contributed by atoms with Crippen molar-refractivity contribution in [2.75, 3.05) is 19.8 Å². The molecule has 2 saturated heterocycles. The number of hydrogen-bond acceptors (Lipinski definition) is 12. The third kappa shape index (κ3) is 6.02. The maximum Gasteiger partial charge on any atom is 0.260 e. The molecule has 3 rings (SSSR count). The zero-order valence-electron chi connectivity index (χ0n) is 18.4. The summed E-state index contributed by atoms with van der Waals surface area (Å²) in [7, 11) is 15.7. The van der Waals surface area contributed by atoms with Crippen LogP contribution in [0.15, 0.2) is 12.2 Å². The second-order valence-electron chi connectivity index (χ2n) is 8.47. The van der Waals surface area contributed by atoms with E-state index in [-0.39, 0.29) is 6.61 Å². The van der Waals surface area contributed by atoms with Gasteiger partial charge in [0.15, 0.2) is 0 Å². The van der Waals surface area contributed by atoms with Crippen LogP contribution < -0.4 is 0 Å². The highest BCUT2D eigenvalue weighted by molar-refractivity contribution is 6.15. The molecule has 3 aliphatic rings. The number of halogens is 1. The van der Waals surface area contributed by atoms with Crippen LogP contribution in [0.5, 0.6) is 0 Å². The van der Waals surface area contributed by atoms with Crippen LogP contribution in [0.3, 0.4) is 0 Å². The van der Waals surface area contributed by atoms with Crippen molar-refractivity contribution in [2.45, 2.75) is 72.5 Å². The van der Waals surface area contributed by atoms with Gasteiger partial charge in [0, 0.05) is 17.9 Å². The van der Waals surface area contributed by atoms with Crippen LogP contribution in [0.25, 0.3) is 0 Å². The molecule has 6 radical (unpaired) electrons. The van der Waals surface area contributed by atoms with Gasteiger partial charge in [0.25, 0.3) is 5.85 Å². The summed E-state index contributed by atoms with van der Waals surface area (Å²) in [4.78, 5) is 0. The van der Waals surface area contributed by atoms with Crippen LogP contribution in [0.1, 0.15) is 6.92 Å². The van der Waals surface area contributed by atoms with Crippen molar-refractivity contribution < 1.29 is 64.9 Å². The Labute approximate surface area is 199 Å². The number of rotatable bonds is 3. The molecule has 1 saturated carbocycles. The topological polar surface area (TPSA) is 221 Å². The Morgan fingerprint density at radius 1 is 0.912 bits per heavy atom. The van der Waals surface area contributed by atoms with Gasteiger partial charge in [-0.05, 0) is 12.7 Å². The van der Waals surface area contributed by atoms with Gasteiger partial charge in [-0.1, -0.05) is 12.2 Å². The van der Waals surface area contributed by atoms with Crippen molar-refractivity contribution in [3.63, 3.8) is 0 Å². The van der Waals surface area contributed by atoms with Crippen LogP contribution in [0, 0.1) is 5.92 Å². The van der Waals surface area contributed by atoms with Crippen molar-refractivity contribution in [3.8, 4) is 0 Å². The average molecular weight is 490 g/mol. The van der Waals surface area contributed by atoms with E-state index in [1.54, 1.807) is 0 Å². The maximum absolute atomic E-state index is 13.0. The van der Waals surface area contributed by atoms with Crippen LogP contribution in [0.4, 0.5) is 4.39 Å². The van der Waals surface area contributed by atoms with Gasteiger partial charge in [-0.2, -0.15) is 0 Å². The lowest BCUT2D eigenvalue weighted by Crippen LogP contribution is -2.49. The lowest BCUT2D eigenvalue weighted by molar-refractivity contribution is -0.234. The SMILES string of the molecule is [B][C@@H]1C(=C)[C@H](CO)[C@@H](O)[C@@]1(C)O.[B][C@@H]1O[C@H](CO)C(O)(O)[C@H]1O.[B][C@@H]1O[C@](F)(CO)[C@@H](O)[C@H]1O. The summed E-state index contributed by atoms with van der Waals surface area (Å²) < 4.78 is 21.9. The molecule has 11 atom stereocenters. The molecule has 16 heteroatoms. The molecule has 0 spiro atoms. The Hall–Kier alpha value is -0.615. The fourth-order valence-electron chi connectivity index (χ4n) is 3.52. The first-order chi connectivity index (χ1) is 15.4. The molecule has 34 heavy (non-hydrogen) atoms. The van der Waals surface area contributed by atoms with Gasteiger partial charge in [0.05, 0.1) is 32.8 Å². The molecule has 0 bridgehead atoms. The summed E-state index contributed by atoms with van der Waals surface area (Å²) >= 11 is 0. The summed E-state index contributed by atoms with van der Waals surface area (Å²) in [6.07, 6.45) is -7.13. The zero-order valence-corrected chi connectivity index (χ0v) is 18.4. The van der Waals surface area contributed by atoms with Crippen molar-refractivity contribution in [2.24, 2.45) is 5.92 Å². The van der Waals surface area contributed by atoms with Crippen LogP contribution in [-0.4, -0.2) is 154 Å². The van der Waals surface area contributed by atoms with Crippen LogP contribution in [0.2, 0.25) is 5.82 Å². The quantitative estimate of drug-likeness (QED) is 0.102. The molecule has 1 aliphatic carbocycles. The van der Waals surface area contributed by atoms with E-state index in [1.165, 1.54) is 6.92 Å². The molecule has 0 unspecified atom stereocenters. The molecule has 10 N–H and O–H groups in total. The van der Waals surface area contributed by atoms with Gasteiger partial charge in [0.2, 0.25) is 5.79 Å². The minimum Gasteiger partial charge on any atom is -0.396 e. The van der Waals surface area contributed by atoms with E-state index >= 15 is 0 Å². The van der Waals surface area contributed by atoms with Crippen LogP contribution in [-0.2, 0) is 9.47 Å². The molecule has 190 valence electrons. The minimum atomic E-state index is -2.63. The summed E-state index contributed by atoms with van der Waals surface area (Å²) in [6.45, 7) is 3.22. The number of alkyl halides is 1. The number of aliphatic hydroxyl groups excluding tert-OH is 7. The Balaban J connectivity index is 0.000000255. The van der Waals surface area contributed by atoms with Crippen molar-refractivity contribution in [1.82, 2.24) is 0 Å². The van der Waals surface area contributed by atoms with E-state index in [4.69, 9.17) is 64.4 Å². The number of hydrogen-bond donors (Lipinski definition) is 10. The van der Waals surface area contributed by atoms with Gasteiger partial charge < -0.3 is 60.5 Å². The molecular formula is C18H30B3FO12. The van der Waals surface area contributed by atoms with Crippen molar-refractivity contribution in [1.29, 1.82) is 0 Å². The Bertz CT molecular complexity index is 686. The molecular weight excluding hydrogens is 460 g/mol. The average Bonchev–Trinajstić information content (AvgIpc) is 3.18. The largest absolute Gasteiger partial charge is 0.396 e. The van der Waals surface area contributed by atoms with Crippen LogP contribution >= 0.6 is 0 Å². The molecule has 0 aromatic heterocycles. The highest BCUT2D eigenvalue weighted by atomic mass is 19.2. The molecule has 2 heterocycles. The Morgan fingerprint density at radius 2 is 1.44 bits per heavy atom. The summed E-state index contributed by atoms with van der Waals surface area (Å²) in [6, 6.07) is -2.45. The zero-order chi connectivity index (χ0) is 26.8.